The van der Waals surface area contributed by atoms with Crippen LogP contribution in [0.3, 0.4) is 0 Å². The lowest BCUT2D eigenvalue weighted by Gasteiger charge is -2.44. The second-order valence-electron chi connectivity index (χ2n) is 7.84. The normalized spacial score (nSPS) is 20.1. The molecule has 0 amide bonds. The second kappa shape index (κ2) is 9.97. The van der Waals surface area contributed by atoms with Crippen LogP contribution in [-0.2, 0) is 14.9 Å². The van der Waals surface area contributed by atoms with Gasteiger partial charge in [0, 0.05) is 5.56 Å². The largest absolute Gasteiger partial charge is 0.494 e. The molecule has 3 atom stereocenters. The summed E-state index contributed by atoms with van der Waals surface area (Å²) in [4.78, 5) is 13.4. The summed E-state index contributed by atoms with van der Waals surface area (Å²) in [6.07, 6.45) is 0.172. The number of esters is 1. The number of nitriles is 1. The Balaban J connectivity index is 1.54. The highest BCUT2D eigenvalue weighted by atomic mass is 35.5. The summed E-state index contributed by atoms with van der Waals surface area (Å²) >= 11 is 6.56. The molecule has 0 aromatic heterocycles. The summed E-state index contributed by atoms with van der Waals surface area (Å²) in [6, 6.07) is 25.7. The van der Waals surface area contributed by atoms with Crippen molar-refractivity contribution in [2.75, 3.05) is 6.61 Å². The second-order valence-corrected chi connectivity index (χ2v) is 8.36. The molecule has 0 spiro atoms. The maximum Gasteiger partial charge on any atom is 0.319 e. The van der Waals surface area contributed by atoms with E-state index in [0.29, 0.717) is 36.5 Å². The zero-order valence-corrected chi connectivity index (χ0v) is 19.0. The van der Waals surface area contributed by atoms with Gasteiger partial charge in [-0.05, 0) is 61.7 Å². The first kappa shape index (κ1) is 22.7. The van der Waals surface area contributed by atoms with Crippen molar-refractivity contribution < 1.29 is 19.0 Å². The van der Waals surface area contributed by atoms with Gasteiger partial charge in [-0.1, -0.05) is 42.5 Å². The van der Waals surface area contributed by atoms with E-state index >= 15 is 0 Å². The Hall–Kier alpha value is -3.49. The summed E-state index contributed by atoms with van der Waals surface area (Å²) in [5.74, 6) is 1.45. The molecule has 0 saturated heterocycles. The maximum atomic E-state index is 13.4. The van der Waals surface area contributed by atoms with Crippen molar-refractivity contribution in [3.8, 4) is 23.3 Å². The minimum atomic E-state index is -1.08. The SMILES string of the molecule is CCOc1ccc(C2(C(=O)OC(C#N)c3cccc(Oc4ccccc4)c3)CCC2Cl)cc1. The molecule has 168 valence electrons. The van der Waals surface area contributed by atoms with Crippen molar-refractivity contribution in [2.45, 2.75) is 36.7 Å². The topological polar surface area (TPSA) is 68.5 Å². The number of benzene rings is 3. The number of carbonyl (C=O) groups is 1. The number of hydrogen-bond acceptors (Lipinski definition) is 5. The minimum absolute atomic E-state index is 0.407. The third-order valence-corrected chi connectivity index (χ3v) is 6.44. The van der Waals surface area contributed by atoms with Crippen LogP contribution in [0.15, 0.2) is 78.9 Å². The number of alkyl halides is 1. The van der Waals surface area contributed by atoms with E-state index in [1.807, 2.05) is 61.5 Å². The smallest absolute Gasteiger partial charge is 0.319 e. The highest BCUT2D eigenvalue weighted by Crippen LogP contribution is 2.49. The summed E-state index contributed by atoms with van der Waals surface area (Å²) < 4.78 is 17.1. The van der Waals surface area contributed by atoms with Crippen molar-refractivity contribution in [1.82, 2.24) is 0 Å². The lowest BCUT2D eigenvalue weighted by Crippen LogP contribution is -2.53. The van der Waals surface area contributed by atoms with Crippen LogP contribution in [-0.4, -0.2) is 18.0 Å². The lowest BCUT2D eigenvalue weighted by molar-refractivity contribution is -0.157. The third-order valence-electron chi connectivity index (χ3n) is 5.85. The molecule has 1 saturated carbocycles. The van der Waals surface area contributed by atoms with E-state index in [1.54, 1.807) is 24.3 Å². The molecule has 1 fully saturated rings. The van der Waals surface area contributed by atoms with Gasteiger partial charge in [-0.15, -0.1) is 11.6 Å². The third kappa shape index (κ3) is 4.67. The van der Waals surface area contributed by atoms with Crippen molar-refractivity contribution in [2.24, 2.45) is 0 Å². The van der Waals surface area contributed by atoms with Crippen LogP contribution in [0, 0.1) is 11.3 Å². The van der Waals surface area contributed by atoms with Crippen LogP contribution < -0.4 is 9.47 Å². The minimum Gasteiger partial charge on any atom is -0.494 e. The molecule has 33 heavy (non-hydrogen) atoms. The fourth-order valence-corrected chi connectivity index (χ4v) is 4.41. The summed E-state index contributed by atoms with van der Waals surface area (Å²) in [7, 11) is 0. The molecule has 0 N–H and O–H groups in total. The average Bonchev–Trinajstić information content (AvgIpc) is 2.84. The molecule has 3 aromatic carbocycles. The van der Waals surface area contributed by atoms with E-state index in [0.717, 1.165) is 11.3 Å². The van der Waals surface area contributed by atoms with Crippen LogP contribution >= 0.6 is 11.6 Å². The van der Waals surface area contributed by atoms with Crippen LogP contribution in [0.25, 0.3) is 0 Å². The molecule has 0 radical (unpaired) electrons. The van der Waals surface area contributed by atoms with Crippen LogP contribution in [0.5, 0.6) is 17.2 Å². The molecule has 3 unspecified atom stereocenters. The Labute approximate surface area is 198 Å². The van der Waals surface area contributed by atoms with E-state index in [4.69, 9.17) is 25.8 Å². The quantitative estimate of drug-likeness (QED) is 0.290. The molecule has 1 aliphatic rings. The summed E-state index contributed by atoms with van der Waals surface area (Å²) in [5, 5.41) is 9.37. The highest BCUT2D eigenvalue weighted by Gasteiger charge is 2.55. The van der Waals surface area contributed by atoms with E-state index in [1.165, 1.54) is 0 Å². The summed E-state index contributed by atoms with van der Waals surface area (Å²) in [6.45, 7) is 2.47. The Morgan fingerprint density at radius 1 is 1.06 bits per heavy atom. The standard InChI is InChI=1S/C27H24ClNO4/c1-2-31-21-13-11-20(12-14-21)27(16-15-25(27)28)26(30)33-24(18-29)19-7-6-10-23(17-19)32-22-8-4-3-5-9-22/h3-14,17,24-25H,2,15-16H2,1H3. The van der Waals surface area contributed by atoms with Gasteiger partial charge < -0.3 is 14.2 Å². The molecule has 6 heteroatoms. The van der Waals surface area contributed by atoms with Crippen LogP contribution in [0.4, 0.5) is 0 Å². The van der Waals surface area contributed by atoms with Gasteiger partial charge in [0.05, 0.1) is 12.0 Å². The Morgan fingerprint density at radius 2 is 1.79 bits per heavy atom. The number of para-hydroxylation sites is 1. The zero-order chi connectivity index (χ0) is 23.3. The molecule has 4 rings (SSSR count). The lowest BCUT2D eigenvalue weighted by atomic mass is 9.64. The maximum absolute atomic E-state index is 13.4. The first-order chi connectivity index (χ1) is 16.1. The number of nitrogens with zero attached hydrogens (tertiary/aromatic N) is 1. The number of hydrogen-bond donors (Lipinski definition) is 0. The van der Waals surface area contributed by atoms with Crippen molar-refractivity contribution in [3.63, 3.8) is 0 Å². The fraction of sp³-hybridized carbons (Fsp3) is 0.259. The number of rotatable bonds is 8. The predicted octanol–water partition coefficient (Wildman–Crippen LogP) is 6.32. The van der Waals surface area contributed by atoms with Crippen LogP contribution in [0.2, 0.25) is 0 Å². The molecule has 1 aliphatic carbocycles. The molecule has 0 aliphatic heterocycles. The van der Waals surface area contributed by atoms with Crippen molar-refractivity contribution in [1.29, 1.82) is 5.26 Å². The zero-order valence-electron chi connectivity index (χ0n) is 18.2. The van der Waals surface area contributed by atoms with E-state index in [-0.39, 0.29) is 0 Å². The summed E-state index contributed by atoms with van der Waals surface area (Å²) in [5.41, 5.74) is 0.311. The molecule has 5 nitrogen and oxygen atoms in total. The van der Waals surface area contributed by atoms with Gasteiger partial charge in [0.1, 0.15) is 28.7 Å². The van der Waals surface area contributed by atoms with Gasteiger partial charge in [-0.3, -0.25) is 4.79 Å². The van der Waals surface area contributed by atoms with Crippen LogP contribution in [0.1, 0.15) is 37.0 Å². The number of halogens is 1. The highest BCUT2D eigenvalue weighted by molar-refractivity contribution is 6.24. The number of carbonyl (C=O) groups excluding carboxylic acids is 1. The fourth-order valence-electron chi connectivity index (χ4n) is 3.98. The molecular formula is C27H24ClNO4. The van der Waals surface area contributed by atoms with Crippen molar-refractivity contribution in [3.05, 3.63) is 90.0 Å². The number of ether oxygens (including phenoxy) is 3. The first-order valence-corrected chi connectivity index (χ1v) is 11.3. The first-order valence-electron chi connectivity index (χ1n) is 10.9. The molecule has 0 heterocycles. The molecule has 3 aromatic rings. The van der Waals surface area contributed by atoms with E-state index < -0.39 is 22.9 Å². The van der Waals surface area contributed by atoms with Gasteiger partial charge in [0.15, 0.2) is 0 Å². The van der Waals surface area contributed by atoms with Gasteiger partial charge in [-0.25, -0.2) is 0 Å². The Bertz CT molecular complexity index is 1140. The van der Waals surface area contributed by atoms with Gasteiger partial charge in [-0.2, -0.15) is 5.26 Å². The monoisotopic (exact) mass is 461 g/mol. The molecular weight excluding hydrogens is 438 g/mol. The average molecular weight is 462 g/mol. The van der Waals surface area contributed by atoms with Gasteiger partial charge in [0.25, 0.3) is 0 Å². The van der Waals surface area contributed by atoms with E-state index in [2.05, 4.69) is 6.07 Å². The Morgan fingerprint density at radius 3 is 2.39 bits per heavy atom. The van der Waals surface area contributed by atoms with E-state index in [9.17, 15) is 10.1 Å². The van der Waals surface area contributed by atoms with Crippen molar-refractivity contribution >= 4 is 17.6 Å². The molecule has 0 bridgehead atoms. The predicted molar refractivity (Wildman–Crippen MR) is 126 cm³/mol. The van der Waals surface area contributed by atoms with Gasteiger partial charge >= 0.3 is 5.97 Å². The van der Waals surface area contributed by atoms with Gasteiger partial charge in [0.2, 0.25) is 6.10 Å². The Kier molecular flexibility index (Phi) is 6.86.